The minimum Gasteiger partial charge on any atom is -0.389 e. The van der Waals surface area contributed by atoms with E-state index in [4.69, 9.17) is 0 Å². The van der Waals surface area contributed by atoms with Crippen LogP contribution in [0.15, 0.2) is 48.0 Å². The number of aliphatic hydroxyl groups excluding tert-OH is 1. The van der Waals surface area contributed by atoms with Crippen molar-refractivity contribution in [2.75, 3.05) is 4.90 Å². The highest BCUT2D eigenvalue weighted by molar-refractivity contribution is 7.09. The van der Waals surface area contributed by atoms with Gasteiger partial charge in [0.2, 0.25) is 0 Å². The van der Waals surface area contributed by atoms with Gasteiger partial charge in [-0.15, -0.1) is 21.5 Å². The van der Waals surface area contributed by atoms with Crippen molar-refractivity contribution in [3.8, 4) is 0 Å². The van der Waals surface area contributed by atoms with Crippen LogP contribution >= 0.6 is 11.3 Å². The van der Waals surface area contributed by atoms with Gasteiger partial charge in [0.25, 0.3) is 5.91 Å². The molecule has 1 unspecified atom stereocenters. The normalized spacial score (nSPS) is 19.5. The van der Waals surface area contributed by atoms with Gasteiger partial charge in [-0.2, -0.15) is 13.2 Å². The van der Waals surface area contributed by atoms with Crippen molar-refractivity contribution < 1.29 is 23.1 Å². The van der Waals surface area contributed by atoms with Crippen molar-refractivity contribution >= 4 is 22.9 Å². The molecule has 2 aliphatic rings. The summed E-state index contributed by atoms with van der Waals surface area (Å²) in [5.41, 5.74) is 1.53. The third-order valence-electron chi connectivity index (χ3n) is 6.02. The Balaban J connectivity index is 0.000000236. The summed E-state index contributed by atoms with van der Waals surface area (Å²) >= 11 is 1.69. The molecule has 0 saturated heterocycles. The first kappa shape index (κ1) is 26.8. The van der Waals surface area contributed by atoms with Gasteiger partial charge in [-0.1, -0.05) is 39.0 Å². The van der Waals surface area contributed by atoms with Crippen molar-refractivity contribution in [3.63, 3.8) is 0 Å². The quantitative estimate of drug-likeness (QED) is 0.416. The lowest BCUT2D eigenvalue weighted by molar-refractivity contribution is -0.138. The number of aliphatic hydroxyl groups is 1. The number of rotatable bonds is 3. The molecule has 1 saturated carbocycles. The summed E-state index contributed by atoms with van der Waals surface area (Å²) in [5.74, 6) is 1.16. The minimum atomic E-state index is -4.58. The lowest BCUT2D eigenvalue weighted by Gasteiger charge is -2.30. The fourth-order valence-electron chi connectivity index (χ4n) is 4.20. The van der Waals surface area contributed by atoms with Crippen LogP contribution in [-0.4, -0.2) is 21.2 Å². The van der Waals surface area contributed by atoms with Gasteiger partial charge >= 0.3 is 6.18 Å². The highest BCUT2D eigenvalue weighted by Gasteiger charge is 2.40. The molecule has 3 aromatic rings. The van der Waals surface area contributed by atoms with E-state index in [0.29, 0.717) is 5.69 Å². The number of nitrogens with zero attached hydrogens (tertiary/aromatic N) is 3. The number of benzene rings is 2. The second kappa shape index (κ2) is 11.3. The largest absolute Gasteiger partial charge is 0.416 e. The Morgan fingerprint density at radius 1 is 1.14 bits per heavy atom. The van der Waals surface area contributed by atoms with Gasteiger partial charge in [-0.05, 0) is 61.1 Å². The Bertz CT molecular complexity index is 1110. The molecular weight excluding hydrogens is 475 g/mol. The number of hydrogen-bond acceptors (Lipinski definition) is 5. The Kier molecular flexibility index (Phi) is 8.66. The molecule has 1 aliphatic heterocycles. The maximum Gasteiger partial charge on any atom is 0.416 e. The zero-order valence-corrected chi connectivity index (χ0v) is 21.0. The molecule has 1 amide bonds. The van der Waals surface area contributed by atoms with Crippen molar-refractivity contribution in [3.05, 3.63) is 75.2 Å². The SMILES string of the molecule is CC.CC(O)c1cc2c(c(C(F)(F)F)c1)CN(c1ccccc1)C2=O.CC1CC(c2nncs2)C1. The molecule has 0 radical (unpaired) electrons. The zero-order valence-electron chi connectivity index (χ0n) is 20.2. The van der Waals surface area contributed by atoms with E-state index in [2.05, 4.69) is 17.1 Å². The molecule has 2 heterocycles. The third-order valence-corrected chi connectivity index (χ3v) is 6.88. The lowest BCUT2D eigenvalue weighted by Crippen LogP contribution is -2.22. The number of alkyl halides is 3. The molecule has 5 nitrogen and oxygen atoms in total. The maximum atomic E-state index is 13.3. The van der Waals surface area contributed by atoms with Gasteiger partial charge in [0.1, 0.15) is 10.5 Å². The second-order valence-corrected chi connectivity index (χ2v) is 9.41. The minimum absolute atomic E-state index is 0.000391. The van der Waals surface area contributed by atoms with Crippen molar-refractivity contribution in [1.82, 2.24) is 10.2 Å². The molecular formula is C26H30F3N3O2S. The highest BCUT2D eigenvalue weighted by Crippen LogP contribution is 2.42. The maximum absolute atomic E-state index is 13.3. The Labute approximate surface area is 207 Å². The van der Waals surface area contributed by atoms with E-state index in [1.807, 2.05) is 19.4 Å². The molecule has 1 aliphatic carbocycles. The van der Waals surface area contributed by atoms with Crippen LogP contribution in [-0.2, 0) is 12.7 Å². The molecule has 35 heavy (non-hydrogen) atoms. The molecule has 1 fully saturated rings. The summed E-state index contributed by atoms with van der Waals surface area (Å²) in [7, 11) is 0. The van der Waals surface area contributed by atoms with E-state index >= 15 is 0 Å². The smallest absolute Gasteiger partial charge is 0.389 e. The topological polar surface area (TPSA) is 66.3 Å². The van der Waals surface area contributed by atoms with Crippen LogP contribution in [0.4, 0.5) is 18.9 Å². The lowest BCUT2D eigenvalue weighted by atomic mass is 9.77. The van der Waals surface area contributed by atoms with Crippen LogP contribution in [0.25, 0.3) is 0 Å². The van der Waals surface area contributed by atoms with E-state index in [1.165, 1.54) is 35.7 Å². The number of carbonyl (C=O) groups is 1. The van der Waals surface area contributed by atoms with Crippen molar-refractivity contribution in [1.29, 1.82) is 0 Å². The Morgan fingerprint density at radius 3 is 2.31 bits per heavy atom. The number of fused-ring (bicyclic) bond motifs is 1. The standard InChI is InChI=1S/C17H14F3NO2.C7H10N2S.C2H6/c1-10(22)11-7-13-14(15(8-11)17(18,19)20)9-21(16(13)23)12-5-3-2-4-6-12;1-5-2-6(3-5)7-9-8-4-10-7;1-2/h2-8,10,22H,9H2,1H3;4-6H,2-3H2,1H3;1-2H3. The summed E-state index contributed by atoms with van der Waals surface area (Å²) in [6.07, 6.45) is -3.04. The van der Waals surface area contributed by atoms with Gasteiger partial charge in [-0.25, -0.2) is 0 Å². The van der Waals surface area contributed by atoms with Gasteiger partial charge in [-0.3, -0.25) is 4.79 Å². The number of halogens is 3. The first-order chi connectivity index (χ1) is 16.6. The van der Waals surface area contributed by atoms with Gasteiger partial charge < -0.3 is 10.0 Å². The Morgan fingerprint density at radius 2 is 1.80 bits per heavy atom. The predicted octanol–water partition coefficient (Wildman–Crippen LogP) is 7.00. The monoisotopic (exact) mass is 505 g/mol. The van der Waals surface area contributed by atoms with E-state index in [9.17, 15) is 23.1 Å². The second-order valence-electron chi connectivity index (χ2n) is 8.55. The van der Waals surface area contributed by atoms with E-state index in [-0.39, 0.29) is 23.2 Å². The average Bonchev–Trinajstić information content (AvgIpc) is 3.46. The van der Waals surface area contributed by atoms with Gasteiger partial charge in [0.05, 0.1) is 18.2 Å². The molecule has 2 aromatic carbocycles. The summed E-state index contributed by atoms with van der Waals surface area (Å²) in [5, 5.41) is 18.7. The molecule has 1 N–H and O–H groups in total. The van der Waals surface area contributed by atoms with Crippen LogP contribution in [0.1, 0.15) is 84.6 Å². The van der Waals surface area contributed by atoms with Gasteiger partial charge in [0.15, 0.2) is 0 Å². The number of aromatic nitrogens is 2. The number of para-hydroxylation sites is 1. The molecule has 0 spiro atoms. The van der Waals surface area contributed by atoms with Crippen molar-refractivity contribution in [2.24, 2.45) is 5.92 Å². The third kappa shape index (κ3) is 6.08. The molecule has 9 heteroatoms. The highest BCUT2D eigenvalue weighted by atomic mass is 32.1. The number of hydrogen-bond donors (Lipinski definition) is 1. The summed E-state index contributed by atoms with van der Waals surface area (Å²) in [6, 6.07) is 10.8. The summed E-state index contributed by atoms with van der Waals surface area (Å²) in [6.45, 7) is 7.53. The van der Waals surface area contributed by atoms with Crippen LogP contribution in [0, 0.1) is 5.92 Å². The summed E-state index contributed by atoms with van der Waals surface area (Å²) in [4.78, 5) is 13.8. The molecule has 5 rings (SSSR count). The van der Waals surface area contributed by atoms with E-state index in [0.717, 1.165) is 17.9 Å². The van der Waals surface area contributed by atoms with Crippen LogP contribution < -0.4 is 4.90 Å². The van der Waals surface area contributed by atoms with Crippen molar-refractivity contribution in [2.45, 2.75) is 65.3 Å². The first-order valence-electron chi connectivity index (χ1n) is 11.7. The molecule has 1 atom stereocenters. The zero-order chi connectivity index (χ0) is 25.8. The molecule has 1 aromatic heterocycles. The number of carbonyl (C=O) groups excluding carboxylic acids is 1. The van der Waals surface area contributed by atoms with Crippen LogP contribution in [0.2, 0.25) is 0 Å². The molecule has 188 valence electrons. The number of amides is 1. The van der Waals surface area contributed by atoms with Crippen LogP contribution in [0.5, 0.6) is 0 Å². The Hall–Kier alpha value is -2.78. The average molecular weight is 506 g/mol. The van der Waals surface area contributed by atoms with Gasteiger partial charge in [0, 0.05) is 17.2 Å². The summed E-state index contributed by atoms with van der Waals surface area (Å²) < 4.78 is 40.0. The fraction of sp³-hybridized carbons (Fsp3) is 0.423. The molecule has 0 bridgehead atoms. The first-order valence-corrected chi connectivity index (χ1v) is 12.6. The fourth-order valence-corrected chi connectivity index (χ4v) is 4.89. The van der Waals surface area contributed by atoms with Crippen LogP contribution in [0.3, 0.4) is 0 Å². The van der Waals surface area contributed by atoms with E-state index in [1.54, 1.807) is 41.7 Å². The number of anilines is 1. The van der Waals surface area contributed by atoms with E-state index < -0.39 is 23.8 Å². The predicted molar refractivity (Wildman–Crippen MR) is 131 cm³/mol.